The molecule has 0 saturated carbocycles. The van der Waals surface area contributed by atoms with Crippen LogP contribution in [0.3, 0.4) is 0 Å². The minimum atomic E-state index is -0.157. The Balaban J connectivity index is 2.72. The molecule has 0 atom stereocenters. The normalized spacial score (nSPS) is 9.50. The van der Waals surface area contributed by atoms with Crippen LogP contribution in [0.4, 0.5) is 0 Å². The zero-order valence-electron chi connectivity index (χ0n) is 5.78. The Morgan fingerprint density at radius 3 is 2.50 bits per heavy atom. The van der Waals surface area contributed by atoms with E-state index in [0.29, 0.717) is 0 Å². The van der Waals surface area contributed by atoms with E-state index in [9.17, 15) is 0 Å². The van der Waals surface area contributed by atoms with Gasteiger partial charge in [0.25, 0.3) is 0 Å². The molecule has 0 aromatic heterocycles. The maximum Gasteiger partial charge on any atom is 0.501 e. The van der Waals surface area contributed by atoms with Crippen molar-refractivity contribution >= 4 is 28.3 Å². The first kappa shape index (κ1) is 9.06. The molecular weight excluding hydrogens is 132 g/mol. The summed E-state index contributed by atoms with van der Waals surface area (Å²) in [7, 11) is 5.62. The van der Waals surface area contributed by atoms with Crippen LogP contribution in [0.5, 0.6) is 0 Å². The minimum Gasteiger partial charge on any atom is -0.346 e. The van der Waals surface area contributed by atoms with Gasteiger partial charge in [-0.05, 0) is 5.92 Å². The van der Waals surface area contributed by atoms with Gasteiger partial charge in [0, 0.05) is 0 Å². The second kappa shape index (κ2) is 6.18. The van der Waals surface area contributed by atoms with Crippen molar-refractivity contribution < 1.29 is 0 Å². The van der Waals surface area contributed by atoms with Crippen molar-refractivity contribution in [3.05, 3.63) is 0 Å². The summed E-state index contributed by atoms with van der Waals surface area (Å²) in [5, 5.41) is 0. The molecular formula is C6H13ClMg. The average molecular weight is 145 g/mol. The van der Waals surface area contributed by atoms with E-state index in [1.165, 1.54) is 17.4 Å². The quantitative estimate of drug-likeness (QED) is 0.421. The van der Waals surface area contributed by atoms with Crippen LogP contribution in [-0.4, -0.2) is 19.3 Å². The molecule has 2 heteroatoms. The molecule has 0 unspecified atom stereocenters. The van der Waals surface area contributed by atoms with Gasteiger partial charge in [-0.1, -0.05) is 26.7 Å². The molecule has 0 amide bonds. The maximum absolute atomic E-state index is 5.62. The van der Waals surface area contributed by atoms with Gasteiger partial charge in [0.1, 0.15) is 0 Å². The molecule has 0 aliphatic carbocycles. The Morgan fingerprint density at radius 2 is 2.12 bits per heavy atom. The molecule has 0 saturated heterocycles. The van der Waals surface area contributed by atoms with Crippen molar-refractivity contribution in [3.8, 4) is 0 Å². The van der Waals surface area contributed by atoms with E-state index in [1.807, 2.05) is 0 Å². The Bertz CT molecular complexity index is 45.8. The highest BCUT2D eigenvalue weighted by Gasteiger charge is 1.93. The zero-order chi connectivity index (χ0) is 6.41. The molecule has 0 aromatic carbocycles. The predicted octanol–water partition coefficient (Wildman–Crippen LogP) is 2.70. The van der Waals surface area contributed by atoms with Crippen LogP contribution < -0.4 is 0 Å². The number of hydrogen-bond acceptors (Lipinski definition) is 0. The Hall–Kier alpha value is 1.06. The SMILES string of the molecule is CC(C)CC[CH2][Mg][Cl]. The van der Waals surface area contributed by atoms with E-state index >= 15 is 0 Å². The third-order valence-corrected chi connectivity index (χ3v) is 2.73. The third-order valence-electron chi connectivity index (χ3n) is 1.17. The van der Waals surface area contributed by atoms with Crippen molar-refractivity contribution in [2.75, 3.05) is 0 Å². The summed E-state index contributed by atoms with van der Waals surface area (Å²) in [5.41, 5.74) is 0. The lowest BCUT2D eigenvalue weighted by Crippen LogP contribution is -1.87. The average Bonchev–Trinajstić information content (AvgIpc) is 1.66. The second-order valence-corrected chi connectivity index (χ2v) is 4.80. The first-order valence-electron chi connectivity index (χ1n) is 3.33. The molecule has 8 heavy (non-hydrogen) atoms. The lowest BCUT2D eigenvalue weighted by molar-refractivity contribution is 0.576. The summed E-state index contributed by atoms with van der Waals surface area (Å²) < 4.78 is 1.32. The van der Waals surface area contributed by atoms with E-state index in [2.05, 4.69) is 13.8 Å². The van der Waals surface area contributed by atoms with E-state index in [0.717, 1.165) is 5.92 Å². The van der Waals surface area contributed by atoms with Gasteiger partial charge in [0.05, 0.1) is 0 Å². The molecule has 0 nitrogen and oxygen atoms in total. The van der Waals surface area contributed by atoms with E-state index in [-0.39, 0.29) is 19.3 Å². The van der Waals surface area contributed by atoms with Crippen LogP contribution in [-0.2, 0) is 0 Å². The minimum absolute atomic E-state index is 0.157. The largest absolute Gasteiger partial charge is 0.501 e. The summed E-state index contributed by atoms with van der Waals surface area (Å²) in [6.07, 6.45) is 2.72. The molecule has 0 fully saturated rings. The molecule has 0 aliphatic heterocycles. The summed E-state index contributed by atoms with van der Waals surface area (Å²) >= 11 is -0.157. The molecule has 0 heterocycles. The number of rotatable bonds is 4. The van der Waals surface area contributed by atoms with Gasteiger partial charge in [-0.2, -0.15) is 0 Å². The lowest BCUT2D eigenvalue weighted by atomic mass is 10.1. The van der Waals surface area contributed by atoms with E-state index in [1.54, 1.807) is 0 Å². The summed E-state index contributed by atoms with van der Waals surface area (Å²) in [6, 6.07) is 0. The molecule has 0 N–H and O–H groups in total. The Kier molecular flexibility index (Phi) is 7.00. The fourth-order valence-corrected chi connectivity index (χ4v) is 1.69. The standard InChI is InChI=1S/C6H13.ClH.Mg/c1-4-5-6(2)3;;/h6H,1,4-5H2,2-3H3;1H;/q;;+1/p-1. The van der Waals surface area contributed by atoms with Crippen molar-refractivity contribution in [1.82, 2.24) is 0 Å². The van der Waals surface area contributed by atoms with E-state index < -0.39 is 0 Å². The van der Waals surface area contributed by atoms with Crippen LogP contribution >= 0.6 is 9.07 Å². The topological polar surface area (TPSA) is 0 Å². The van der Waals surface area contributed by atoms with Crippen molar-refractivity contribution in [3.63, 3.8) is 0 Å². The van der Waals surface area contributed by atoms with Crippen LogP contribution in [0, 0.1) is 5.92 Å². The van der Waals surface area contributed by atoms with Gasteiger partial charge in [0.2, 0.25) is 0 Å². The van der Waals surface area contributed by atoms with Gasteiger partial charge in [0.15, 0.2) is 0 Å². The second-order valence-electron chi connectivity index (χ2n) is 2.58. The summed E-state index contributed by atoms with van der Waals surface area (Å²) in [4.78, 5) is 0. The lowest BCUT2D eigenvalue weighted by Gasteiger charge is -1.99. The van der Waals surface area contributed by atoms with Crippen molar-refractivity contribution in [1.29, 1.82) is 0 Å². The number of hydrogen-bond donors (Lipinski definition) is 0. The van der Waals surface area contributed by atoms with Gasteiger partial charge in [-0.15, -0.1) is 4.55 Å². The highest BCUT2D eigenvalue weighted by molar-refractivity contribution is 6.93. The first-order valence-corrected chi connectivity index (χ1v) is 6.47. The van der Waals surface area contributed by atoms with Crippen LogP contribution in [0.15, 0.2) is 0 Å². The molecule has 0 aliphatic rings. The molecule has 0 aromatic rings. The van der Waals surface area contributed by atoms with Gasteiger partial charge in [-0.3, -0.25) is 0 Å². The molecule has 0 spiro atoms. The first-order chi connectivity index (χ1) is 3.77. The highest BCUT2D eigenvalue weighted by Crippen LogP contribution is 2.05. The van der Waals surface area contributed by atoms with Crippen molar-refractivity contribution in [2.45, 2.75) is 31.2 Å². The fourth-order valence-electron chi connectivity index (χ4n) is 0.647. The zero-order valence-corrected chi connectivity index (χ0v) is 7.95. The highest BCUT2D eigenvalue weighted by atomic mass is 35.5. The smallest absolute Gasteiger partial charge is 0.346 e. The van der Waals surface area contributed by atoms with Gasteiger partial charge >= 0.3 is 19.3 Å². The molecule has 0 bridgehead atoms. The Morgan fingerprint density at radius 1 is 1.50 bits per heavy atom. The molecule has 0 radical (unpaired) electrons. The fraction of sp³-hybridized carbons (Fsp3) is 1.00. The van der Waals surface area contributed by atoms with E-state index in [4.69, 9.17) is 9.07 Å². The van der Waals surface area contributed by atoms with Gasteiger partial charge < -0.3 is 9.07 Å². The Labute approximate surface area is 65.5 Å². The molecule has 46 valence electrons. The van der Waals surface area contributed by atoms with Crippen molar-refractivity contribution in [2.24, 2.45) is 5.92 Å². The van der Waals surface area contributed by atoms with Crippen LogP contribution in [0.1, 0.15) is 26.7 Å². The summed E-state index contributed by atoms with van der Waals surface area (Å²) in [5.74, 6) is 0.868. The third kappa shape index (κ3) is 7.06. The monoisotopic (exact) mass is 144 g/mol. The van der Waals surface area contributed by atoms with Crippen LogP contribution in [0.25, 0.3) is 0 Å². The maximum atomic E-state index is 5.62. The predicted molar refractivity (Wildman–Crippen MR) is 40.5 cm³/mol. The van der Waals surface area contributed by atoms with Gasteiger partial charge in [-0.25, -0.2) is 0 Å². The number of halogens is 1. The van der Waals surface area contributed by atoms with Crippen LogP contribution in [0.2, 0.25) is 4.55 Å². The molecule has 0 rings (SSSR count). The summed E-state index contributed by atoms with van der Waals surface area (Å²) in [6.45, 7) is 4.52.